The van der Waals surface area contributed by atoms with Crippen molar-refractivity contribution in [2.75, 3.05) is 6.54 Å². The first kappa shape index (κ1) is 13.1. The van der Waals surface area contributed by atoms with Gasteiger partial charge in [-0.15, -0.1) is 0 Å². The van der Waals surface area contributed by atoms with Crippen LogP contribution in [0.15, 0.2) is 23.0 Å². The van der Waals surface area contributed by atoms with E-state index < -0.39 is 0 Å². The minimum Gasteiger partial charge on any atom is -0.310 e. The first-order valence-electron chi connectivity index (χ1n) is 8.16. The molecule has 1 aromatic carbocycles. The van der Waals surface area contributed by atoms with Crippen LogP contribution in [0.2, 0.25) is 0 Å². The van der Waals surface area contributed by atoms with Crippen LogP contribution in [0.5, 0.6) is 0 Å². The van der Waals surface area contributed by atoms with Crippen molar-refractivity contribution in [2.45, 2.75) is 38.6 Å². The molecule has 112 valence electrons. The molecule has 3 N–H and O–H groups in total. The van der Waals surface area contributed by atoms with Gasteiger partial charge in [-0.1, -0.05) is 6.07 Å². The Kier molecular flexibility index (Phi) is 3.14. The van der Waals surface area contributed by atoms with E-state index in [9.17, 15) is 4.79 Å². The molecule has 2 saturated carbocycles. The zero-order chi connectivity index (χ0) is 14.4. The molecule has 0 spiro atoms. The SMILES string of the molecule is CC(NCC(C1CC1)C1CC1)c1ccc2[nH]c(=O)[nH]c2c1. The molecule has 2 aliphatic carbocycles. The number of aromatic nitrogens is 2. The molecule has 4 rings (SSSR count). The lowest BCUT2D eigenvalue weighted by Crippen LogP contribution is -2.28. The Morgan fingerprint density at radius 2 is 1.81 bits per heavy atom. The molecule has 1 atom stereocenters. The molecule has 1 heterocycles. The Labute approximate surface area is 124 Å². The highest BCUT2D eigenvalue weighted by molar-refractivity contribution is 5.75. The van der Waals surface area contributed by atoms with Gasteiger partial charge in [0.25, 0.3) is 0 Å². The van der Waals surface area contributed by atoms with Crippen molar-refractivity contribution in [1.82, 2.24) is 15.3 Å². The maximum atomic E-state index is 11.3. The van der Waals surface area contributed by atoms with Crippen LogP contribution in [-0.4, -0.2) is 16.5 Å². The van der Waals surface area contributed by atoms with Crippen molar-refractivity contribution in [1.29, 1.82) is 0 Å². The summed E-state index contributed by atoms with van der Waals surface area (Å²) >= 11 is 0. The average Bonchev–Trinajstić information content (AvgIpc) is 3.36. The number of nitrogens with one attached hydrogen (secondary N) is 3. The van der Waals surface area contributed by atoms with Gasteiger partial charge in [-0.05, 0) is 74.6 Å². The van der Waals surface area contributed by atoms with E-state index in [0.29, 0.717) is 6.04 Å². The third kappa shape index (κ3) is 2.77. The monoisotopic (exact) mass is 285 g/mol. The predicted molar refractivity (Wildman–Crippen MR) is 84.3 cm³/mol. The molecule has 0 saturated heterocycles. The zero-order valence-corrected chi connectivity index (χ0v) is 12.5. The second-order valence-corrected chi connectivity index (χ2v) is 6.85. The molecule has 0 radical (unpaired) electrons. The molecular formula is C17H23N3O. The van der Waals surface area contributed by atoms with Crippen LogP contribution in [0.1, 0.15) is 44.2 Å². The Hall–Kier alpha value is -1.55. The van der Waals surface area contributed by atoms with Crippen molar-refractivity contribution in [3.05, 3.63) is 34.2 Å². The van der Waals surface area contributed by atoms with E-state index >= 15 is 0 Å². The third-order valence-electron chi connectivity index (χ3n) is 5.15. The van der Waals surface area contributed by atoms with Gasteiger partial charge in [0.15, 0.2) is 0 Å². The average molecular weight is 285 g/mol. The Morgan fingerprint density at radius 3 is 2.48 bits per heavy atom. The van der Waals surface area contributed by atoms with Gasteiger partial charge in [0, 0.05) is 6.04 Å². The summed E-state index contributed by atoms with van der Waals surface area (Å²) in [6.07, 6.45) is 5.75. The van der Waals surface area contributed by atoms with Gasteiger partial charge in [-0.3, -0.25) is 0 Å². The minimum atomic E-state index is -0.134. The van der Waals surface area contributed by atoms with Crippen molar-refractivity contribution >= 4 is 11.0 Å². The van der Waals surface area contributed by atoms with E-state index in [-0.39, 0.29) is 5.69 Å². The first-order valence-corrected chi connectivity index (χ1v) is 8.16. The number of hydrogen-bond donors (Lipinski definition) is 3. The Balaban J connectivity index is 1.44. The molecule has 2 fully saturated rings. The van der Waals surface area contributed by atoms with Crippen LogP contribution >= 0.6 is 0 Å². The summed E-state index contributed by atoms with van der Waals surface area (Å²) < 4.78 is 0. The van der Waals surface area contributed by atoms with E-state index in [2.05, 4.69) is 34.3 Å². The molecule has 1 unspecified atom stereocenters. The zero-order valence-electron chi connectivity index (χ0n) is 12.5. The van der Waals surface area contributed by atoms with Crippen molar-refractivity contribution in [3.63, 3.8) is 0 Å². The smallest absolute Gasteiger partial charge is 0.310 e. The predicted octanol–water partition coefficient (Wildman–Crippen LogP) is 2.94. The van der Waals surface area contributed by atoms with Crippen molar-refractivity contribution in [3.8, 4) is 0 Å². The highest BCUT2D eigenvalue weighted by Crippen LogP contribution is 2.48. The van der Waals surface area contributed by atoms with E-state index in [1.165, 1.54) is 31.2 Å². The van der Waals surface area contributed by atoms with E-state index in [0.717, 1.165) is 35.3 Å². The van der Waals surface area contributed by atoms with Gasteiger partial charge in [0.2, 0.25) is 0 Å². The van der Waals surface area contributed by atoms with Gasteiger partial charge in [-0.2, -0.15) is 0 Å². The Morgan fingerprint density at radius 1 is 1.14 bits per heavy atom. The van der Waals surface area contributed by atoms with Gasteiger partial charge in [0.1, 0.15) is 0 Å². The number of aromatic amines is 2. The summed E-state index contributed by atoms with van der Waals surface area (Å²) in [6, 6.07) is 6.49. The van der Waals surface area contributed by atoms with Crippen LogP contribution in [0.25, 0.3) is 11.0 Å². The number of benzene rings is 1. The number of rotatable bonds is 6. The van der Waals surface area contributed by atoms with Crippen molar-refractivity contribution < 1.29 is 0 Å². The molecule has 0 amide bonds. The highest BCUT2D eigenvalue weighted by atomic mass is 16.1. The third-order valence-corrected chi connectivity index (χ3v) is 5.15. The van der Waals surface area contributed by atoms with Gasteiger partial charge < -0.3 is 15.3 Å². The molecule has 21 heavy (non-hydrogen) atoms. The lowest BCUT2D eigenvalue weighted by Gasteiger charge is -2.20. The molecule has 2 aromatic rings. The quantitative estimate of drug-likeness (QED) is 0.764. The summed E-state index contributed by atoms with van der Waals surface area (Å²) in [5.41, 5.74) is 2.88. The standard InChI is InChI=1S/C17H23N3O/c1-10(18-9-14(11-2-3-11)12-4-5-12)13-6-7-15-16(8-13)20-17(21)19-15/h6-8,10-12,14,18H,2-5,9H2,1H3,(H2,19,20,21). The molecule has 2 aliphatic rings. The molecule has 1 aromatic heterocycles. The fourth-order valence-electron chi connectivity index (χ4n) is 3.52. The molecular weight excluding hydrogens is 262 g/mol. The number of hydrogen-bond acceptors (Lipinski definition) is 2. The summed E-state index contributed by atoms with van der Waals surface area (Å²) in [5.74, 6) is 2.87. The van der Waals surface area contributed by atoms with Gasteiger partial charge in [-0.25, -0.2) is 4.79 Å². The number of imidazole rings is 1. The highest BCUT2D eigenvalue weighted by Gasteiger charge is 2.41. The second-order valence-electron chi connectivity index (χ2n) is 6.85. The molecule has 0 bridgehead atoms. The normalized spacial score (nSPS) is 20.3. The van der Waals surface area contributed by atoms with E-state index in [1.807, 2.05) is 6.07 Å². The fraction of sp³-hybridized carbons (Fsp3) is 0.588. The Bertz CT molecular complexity index is 681. The second kappa shape index (κ2) is 5.02. The fourth-order valence-corrected chi connectivity index (χ4v) is 3.52. The van der Waals surface area contributed by atoms with Crippen LogP contribution in [-0.2, 0) is 0 Å². The number of fused-ring (bicyclic) bond motifs is 1. The molecule has 4 nitrogen and oxygen atoms in total. The largest absolute Gasteiger partial charge is 0.323 e. The van der Waals surface area contributed by atoms with Crippen LogP contribution in [0, 0.1) is 17.8 Å². The summed E-state index contributed by atoms with van der Waals surface area (Å²) in [4.78, 5) is 16.9. The lowest BCUT2D eigenvalue weighted by atomic mass is 9.97. The summed E-state index contributed by atoms with van der Waals surface area (Å²) in [6.45, 7) is 3.35. The molecule has 0 aliphatic heterocycles. The van der Waals surface area contributed by atoms with Crippen molar-refractivity contribution in [2.24, 2.45) is 17.8 Å². The topological polar surface area (TPSA) is 60.7 Å². The minimum absolute atomic E-state index is 0.134. The van der Waals surface area contributed by atoms with Gasteiger partial charge >= 0.3 is 5.69 Å². The first-order chi connectivity index (χ1) is 10.2. The van der Waals surface area contributed by atoms with E-state index in [1.54, 1.807) is 0 Å². The maximum absolute atomic E-state index is 11.3. The lowest BCUT2D eigenvalue weighted by molar-refractivity contribution is 0.362. The molecule has 4 heteroatoms. The summed E-state index contributed by atoms with van der Waals surface area (Å²) in [7, 11) is 0. The van der Waals surface area contributed by atoms with Crippen LogP contribution in [0.3, 0.4) is 0 Å². The summed E-state index contributed by atoms with van der Waals surface area (Å²) in [5, 5.41) is 3.71. The van der Waals surface area contributed by atoms with E-state index in [4.69, 9.17) is 0 Å². The van der Waals surface area contributed by atoms with Crippen LogP contribution in [0.4, 0.5) is 0 Å². The van der Waals surface area contributed by atoms with Crippen LogP contribution < -0.4 is 11.0 Å². The number of H-pyrrole nitrogens is 2. The maximum Gasteiger partial charge on any atom is 0.323 e. The van der Waals surface area contributed by atoms with Gasteiger partial charge in [0.05, 0.1) is 11.0 Å².